The van der Waals surface area contributed by atoms with Gasteiger partial charge in [-0.3, -0.25) is 4.79 Å². The maximum absolute atomic E-state index is 13.7. The molecule has 0 atom stereocenters. The van der Waals surface area contributed by atoms with E-state index in [9.17, 15) is 26.4 Å². The molecular formula is C25H31F3N6O5S. The van der Waals surface area contributed by atoms with Gasteiger partial charge in [0.1, 0.15) is 17.1 Å². The van der Waals surface area contributed by atoms with Crippen LogP contribution in [-0.4, -0.2) is 86.0 Å². The molecule has 15 heteroatoms. The molecule has 5 rings (SSSR count). The summed E-state index contributed by atoms with van der Waals surface area (Å²) in [6, 6.07) is 2.95. The molecule has 2 aromatic rings. The summed E-state index contributed by atoms with van der Waals surface area (Å²) in [7, 11) is -3.83. The molecule has 2 fully saturated rings. The molecule has 0 saturated carbocycles. The number of hydrogen-bond donors (Lipinski definition) is 2. The molecular weight excluding hydrogens is 553 g/mol. The summed E-state index contributed by atoms with van der Waals surface area (Å²) < 4.78 is 80.0. The number of anilines is 3. The van der Waals surface area contributed by atoms with Gasteiger partial charge in [0.05, 0.1) is 30.4 Å². The highest BCUT2D eigenvalue weighted by Crippen LogP contribution is 2.39. The molecule has 40 heavy (non-hydrogen) atoms. The zero-order valence-corrected chi connectivity index (χ0v) is 22.6. The van der Waals surface area contributed by atoms with E-state index in [4.69, 9.17) is 9.47 Å². The Morgan fingerprint density at radius 2 is 1.85 bits per heavy atom. The van der Waals surface area contributed by atoms with Crippen LogP contribution in [-0.2, 0) is 32.2 Å². The predicted molar refractivity (Wildman–Crippen MR) is 139 cm³/mol. The van der Waals surface area contributed by atoms with Gasteiger partial charge in [-0.05, 0) is 31.4 Å². The van der Waals surface area contributed by atoms with Gasteiger partial charge in [0.25, 0.3) is 0 Å². The monoisotopic (exact) mass is 584 g/mol. The summed E-state index contributed by atoms with van der Waals surface area (Å²) >= 11 is 0. The summed E-state index contributed by atoms with van der Waals surface area (Å²) in [4.78, 5) is 21.7. The van der Waals surface area contributed by atoms with E-state index in [1.807, 2.05) is 0 Å². The van der Waals surface area contributed by atoms with Crippen LogP contribution < -0.4 is 15.4 Å². The van der Waals surface area contributed by atoms with Crippen LogP contribution in [0.5, 0.6) is 5.75 Å². The second-order valence-corrected chi connectivity index (χ2v) is 11.7. The van der Waals surface area contributed by atoms with Crippen molar-refractivity contribution in [2.75, 3.05) is 63.2 Å². The number of carbonyl (C=O) groups excluding carboxylic acids is 1. The second kappa shape index (κ2) is 11.7. The number of nitrogens with zero attached hydrogens (tertiary/aromatic N) is 4. The smallest absolute Gasteiger partial charge is 0.421 e. The third kappa shape index (κ3) is 6.25. The van der Waals surface area contributed by atoms with Crippen molar-refractivity contribution < 1.29 is 35.9 Å². The first kappa shape index (κ1) is 28.4. The Balaban J connectivity index is 1.36. The van der Waals surface area contributed by atoms with Gasteiger partial charge in [-0.15, -0.1) is 0 Å². The van der Waals surface area contributed by atoms with Crippen LogP contribution in [0.1, 0.15) is 36.8 Å². The minimum Gasteiger partial charge on any atom is -0.491 e. The highest BCUT2D eigenvalue weighted by molar-refractivity contribution is 7.89. The van der Waals surface area contributed by atoms with Crippen molar-refractivity contribution in [3.05, 3.63) is 29.5 Å². The Morgan fingerprint density at radius 3 is 2.60 bits per heavy atom. The molecule has 3 aliphatic rings. The number of aromatic nitrogens is 2. The molecule has 0 bridgehead atoms. The zero-order valence-electron chi connectivity index (χ0n) is 21.8. The summed E-state index contributed by atoms with van der Waals surface area (Å²) in [5, 5.41) is 5.61. The van der Waals surface area contributed by atoms with Crippen molar-refractivity contribution in [1.82, 2.24) is 19.2 Å². The van der Waals surface area contributed by atoms with E-state index in [0.29, 0.717) is 69.7 Å². The van der Waals surface area contributed by atoms with Gasteiger partial charge in [0.2, 0.25) is 21.9 Å². The number of rotatable bonds is 9. The third-order valence-electron chi connectivity index (χ3n) is 7.02. The van der Waals surface area contributed by atoms with Crippen LogP contribution in [0, 0.1) is 0 Å². The molecule has 1 aromatic carbocycles. The number of ether oxygens (including phenoxy) is 2. The van der Waals surface area contributed by atoms with E-state index in [1.165, 1.54) is 10.4 Å². The van der Waals surface area contributed by atoms with E-state index < -0.39 is 27.6 Å². The van der Waals surface area contributed by atoms with Crippen LogP contribution in [0.25, 0.3) is 0 Å². The number of benzene rings is 1. The van der Waals surface area contributed by atoms with Crippen LogP contribution in [0.4, 0.5) is 30.6 Å². The number of halogens is 3. The first-order chi connectivity index (χ1) is 19.1. The zero-order chi connectivity index (χ0) is 28.3. The average Bonchev–Trinajstić information content (AvgIpc) is 3.41. The molecule has 1 aromatic heterocycles. The van der Waals surface area contributed by atoms with Crippen LogP contribution >= 0.6 is 0 Å². The van der Waals surface area contributed by atoms with Gasteiger partial charge >= 0.3 is 6.18 Å². The van der Waals surface area contributed by atoms with Crippen molar-refractivity contribution >= 4 is 33.4 Å². The number of amides is 1. The minimum atomic E-state index is -4.69. The largest absolute Gasteiger partial charge is 0.491 e. The highest BCUT2D eigenvalue weighted by Gasteiger charge is 2.36. The van der Waals surface area contributed by atoms with Crippen LogP contribution in [0.2, 0.25) is 0 Å². The second-order valence-electron chi connectivity index (χ2n) is 9.77. The topological polar surface area (TPSA) is 126 Å². The number of nitrogens with one attached hydrogen (secondary N) is 2. The molecule has 0 radical (unpaired) electrons. The van der Waals surface area contributed by atoms with E-state index in [1.54, 1.807) is 11.0 Å². The Hall–Kier alpha value is -3.17. The van der Waals surface area contributed by atoms with E-state index in [0.717, 1.165) is 12.8 Å². The minimum absolute atomic E-state index is 0.0404. The Labute approximate surface area is 230 Å². The molecule has 0 unspecified atom stereocenters. The quantitative estimate of drug-likeness (QED) is 0.428. The van der Waals surface area contributed by atoms with Crippen molar-refractivity contribution in [2.24, 2.45) is 0 Å². The maximum atomic E-state index is 13.7. The number of piperidine rings is 1. The fourth-order valence-corrected chi connectivity index (χ4v) is 6.42. The normalized spacial score (nSPS) is 18.4. The number of fused-ring (bicyclic) bond motifs is 1. The molecule has 3 aliphatic heterocycles. The lowest BCUT2D eigenvalue weighted by Crippen LogP contribution is -2.40. The standard InChI is InChI=1S/C25H31F3N6O5S/c26-25(27,28)19-16-30-24(32-23(19)29-6-3-8-33-7-2-1-4-21(33)35)31-20-15-18(14-17-5-11-39-22(17)20)40(36,37)34-9-12-38-13-10-34/h14-16H,1-13H2,(H2,29,30,31,32). The highest BCUT2D eigenvalue weighted by atomic mass is 32.2. The Bertz CT molecular complexity index is 1350. The SMILES string of the molecule is O=C1CCCCN1CCCNc1nc(Nc2cc(S(=O)(=O)N3CCOCC3)cc3c2OCC3)ncc1C(F)(F)F. The van der Waals surface area contributed by atoms with Crippen molar-refractivity contribution in [2.45, 2.75) is 43.2 Å². The first-order valence-electron chi connectivity index (χ1n) is 13.2. The Kier molecular flexibility index (Phi) is 8.33. The van der Waals surface area contributed by atoms with Gasteiger partial charge in [-0.2, -0.15) is 22.5 Å². The van der Waals surface area contributed by atoms with Crippen molar-refractivity contribution in [3.8, 4) is 5.75 Å². The third-order valence-corrected chi connectivity index (χ3v) is 8.90. The van der Waals surface area contributed by atoms with Gasteiger partial charge in [-0.1, -0.05) is 0 Å². The molecule has 0 aliphatic carbocycles. The fraction of sp³-hybridized carbons (Fsp3) is 0.560. The first-order valence-corrected chi connectivity index (χ1v) is 14.7. The molecule has 2 saturated heterocycles. The lowest BCUT2D eigenvalue weighted by atomic mass is 10.1. The van der Waals surface area contributed by atoms with Crippen LogP contribution in [0.15, 0.2) is 23.2 Å². The van der Waals surface area contributed by atoms with Gasteiger partial charge in [0, 0.05) is 57.3 Å². The summed E-state index contributed by atoms with van der Waals surface area (Å²) in [5.74, 6) is -0.0987. The van der Waals surface area contributed by atoms with Crippen molar-refractivity contribution in [1.29, 1.82) is 0 Å². The number of hydrogen-bond acceptors (Lipinski definition) is 9. The number of likely N-dealkylation sites (tertiary alicyclic amines) is 1. The van der Waals surface area contributed by atoms with Gasteiger partial charge in [0.15, 0.2) is 0 Å². The summed E-state index contributed by atoms with van der Waals surface area (Å²) in [6.45, 7) is 2.63. The van der Waals surface area contributed by atoms with Crippen LogP contribution in [0.3, 0.4) is 0 Å². The molecule has 1 amide bonds. The Morgan fingerprint density at radius 1 is 1.05 bits per heavy atom. The van der Waals surface area contributed by atoms with Gasteiger partial charge < -0.3 is 25.0 Å². The van der Waals surface area contributed by atoms with E-state index >= 15 is 0 Å². The summed E-state index contributed by atoms with van der Waals surface area (Å²) in [6.07, 6.45) is -0.818. The lowest BCUT2D eigenvalue weighted by molar-refractivity contribution is -0.137. The number of sulfonamides is 1. The maximum Gasteiger partial charge on any atom is 0.421 e. The average molecular weight is 585 g/mol. The predicted octanol–water partition coefficient (Wildman–Crippen LogP) is 3.01. The van der Waals surface area contributed by atoms with Crippen molar-refractivity contribution in [3.63, 3.8) is 0 Å². The number of alkyl halides is 3. The fourth-order valence-electron chi connectivity index (χ4n) is 4.94. The van der Waals surface area contributed by atoms with Gasteiger partial charge in [-0.25, -0.2) is 13.4 Å². The lowest BCUT2D eigenvalue weighted by Gasteiger charge is -2.26. The molecule has 4 heterocycles. The molecule has 11 nitrogen and oxygen atoms in total. The molecule has 218 valence electrons. The number of morpholine rings is 1. The summed E-state index contributed by atoms with van der Waals surface area (Å²) in [5.41, 5.74) is -0.122. The number of carbonyl (C=O) groups is 1. The molecule has 0 spiro atoms. The van der Waals surface area contributed by atoms with E-state index in [-0.39, 0.29) is 42.1 Å². The molecule has 2 N–H and O–H groups in total. The van der Waals surface area contributed by atoms with E-state index in [2.05, 4.69) is 20.6 Å².